The highest BCUT2D eigenvalue weighted by molar-refractivity contribution is 5.83. The molecule has 0 rings (SSSR count). The van der Waals surface area contributed by atoms with E-state index >= 15 is 0 Å². The van der Waals surface area contributed by atoms with E-state index < -0.39 is 23.5 Å². The Bertz CT molecular complexity index is 248. The Labute approximate surface area is 95.6 Å². The van der Waals surface area contributed by atoms with Gasteiger partial charge in [-0.05, 0) is 18.4 Å². The van der Waals surface area contributed by atoms with Crippen molar-refractivity contribution in [1.82, 2.24) is 10.6 Å². The number of hydrogen-bond acceptors (Lipinski definition) is 3. The van der Waals surface area contributed by atoms with E-state index in [4.69, 9.17) is 10.8 Å². The van der Waals surface area contributed by atoms with Gasteiger partial charge in [0.25, 0.3) is 0 Å². The quantitative estimate of drug-likeness (QED) is 0.505. The van der Waals surface area contributed by atoms with Crippen LogP contribution in [0.25, 0.3) is 0 Å². The summed E-state index contributed by atoms with van der Waals surface area (Å²) in [5.41, 5.74) is 4.74. The summed E-state index contributed by atoms with van der Waals surface area (Å²) in [5, 5.41) is 13.9. The van der Waals surface area contributed by atoms with Crippen LogP contribution in [0.1, 0.15) is 27.2 Å². The van der Waals surface area contributed by atoms with Crippen LogP contribution in [0, 0.1) is 5.41 Å². The predicted octanol–water partition coefficient (Wildman–Crippen LogP) is 0.134. The highest BCUT2D eigenvalue weighted by Gasteiger charge is 2.32. The van der Waals surface area contributed by atoms with Gasteiger partial charge in [0.2, 0.25) is 0 Å². The van der Waals surface area contributed by atoms with Crippen molar-refractivity contribution in [1.29, 1.82) is 0 Å². The topological polar surface area (TPSA) is 104 Å². The number of nitrogens with one attached hydrogen (secondary N) is 2. The van der Waals surface area contributed by atoms with Crippen LogP contribution >= 0.6 is 0 Å². The van der Waals surface area contributed by atoms with Crippen LogP contribution in [0.4, 0.5) is 4.79 Å². The molecule has 0 spiro atoms. The molecule has 0 aliphatic rings. The largest absolute Gasteiger partial charge is 0.480 e. The monoisotopic (exact) mass is 231 g/mol. The van der Waals surface area contributed by atoms with Gasteiger partial charge in [-0.15, -0.1) is 0 Å². The minimum absolute atomic E-state index is 0.443. The van der Waals surface area contributed by atoms with Crippen LogP contribution in [0.15, 0.2) is 0 Å². The molecule has 2 amide bonds. The summed E-state index contributed by atoms with van der Waals surface area (Å²) >= 11 is 0. The molecule has 0 saturated heterocycles. The zero-order chi connectivity index (χ0) is 12.8. The van der Waals surface area contributed by atoms with Crippen molar-refractivity contribution in [2.45, 2.75) is 33.2 Å². The van der Waals surface area contributed by atoms with Gasteiger partial charge in [0.05, 0.1) is 0 Å². The molecule has 0 heterocycles. The maximum absolute atomic E-state index is 11.4. The fraction of sp³-hybridized carbons (Fsp3) is 0.800. The fourth-order valence-electron chi connectivity index (χ4n) is 1.13. The van der Waals surface area contributed by atoms with Gasteiger partial charge < -0.3 is 21.5 Å². The van der Waals surface area contributed by atoms with Crippen molar-refractivity contribution < 1.29 is 14.7 Å². The Morgan fingerprint density at radius 2 is 1.94 bits per heavy atom. The molecule has 5 N–H and O–H groups in total. The number of carbonyl (C=O) groups excluding carboxylic acids is 1. The second-order valence-electron chi connectivity index (χ2n) is 4.68. The second kappa shape index (κ2) is 6.32. The summed E-state index contributed by atoms with van der Waals surface area (Å²) in [7, 11) is 0. The maximum atomic E-state index is 11.4. The third-order valence-electron chi connectivity index (χ3n) is 2.05. The number of amides is 2. The standard InChI is InChI=1S/C10H21N3O3/c1-10(2,3)7(8(14)15)13-9(16)12-6-4-5-11/h7H,4-6,11H2,1-3H3,(H,14,15)(H2,12,13,16)/t7-/m0/s1. The zero-order valence-electron chi connectivity index (χ0n) is 10.0. The average molecular weight is 231 g/mol. The number of hydrogen-bond donors (Lipinski definition) is 4. The first-order valence-electron chi connectivity index (χ1n) is 5.26. The number of urea groups is 1. The van der Waals surface area contributed by atoms with Crippen molar-refractivity contribution in [3.05, 3.63) is 0 Å². The summed E-state index contributed by atoms with van der Waals surface area (Å²) in [5.74, 6) is -1.04. The average Bonchev–Trinajstić information content (AvgIpc) is 2.12. The Balaban J connectivity index is 4.21. The lowest BCUT2D eigenvalue weighted by molar-refractivity contribution is -0.141. The molecular weight excluding hydrogens is 210 g/mol. The molecule has 1 atom stereocenters. The molecule has 94 valence electrons. The number of carbonyl (C=O) groups is 2. The Hall–Kier alpha value is -1.30. The SMILES string of the molecule is CC(C)(C)[C@@H](NC(=O)NCCCN)C(=O)O. The molecule has 0 aliphatic heterocycles. The third-order valence-corrected chi connectivity index (χ3v) is 2.05. The van der Waals surface area contributed by atoms with Gasteiger partial charge in [-0.1, -0.05) is 20.8 Å². The molecule has 16 heavy (non-hydrogen) atoms. The predicted molar refractivity (Wildman–Crippen MR) is 61.1 cm³/mol. The van der Waals surface area contributed by atoms with E-state index in [0.29, 0.717) is 19.5 Å². The molecule has 0 aromatic heterocycles. The second-order valence-corrected chi connectivity index (χ2v) is 4.68. The molecule has 0 fully saturated rings. The van der Waals surface area contributed by atoms with E-state index in [-0.39, 0.29) is 0 Å². The molecule has 0 aromatic rings. The maximum Gasteiger partial charge on any atom is 0.326 e. The first kappa shape index (κ1) is 14.7. The first-order valence-corrected chi connectivity index (χ1v) is 5.26. The molecule has 0 unspecified atom stereocenters. The van der Waals surface area contributed by atoms with Crippen LogP contribution in [-0.4, -0.2) is 36.2 Å². The van der Waals surface area contributed by atoms with Crippen molar-refractivity contribution in [3.63, 3.8) is 0 Å². The summed E-state index contributed by atoms with van der Waals surface area (Å²) in [6.07, 6.45) is 0.667. The van der Waals surface area contributed by atoms with E-state index in [2.05, 4.69) is 10.6 Å². The minimum Gasteiger partial charge on any atom is -0.480 e. The third kappa shape index (κ3) is 5.55. The fourth-order valence-corrected chi connectivity index (χ4v) is 1.13. The van der Waals surface area contributed by atoms with Crippen LogP contribution in [0.3, 0.4) is 0 Å². The van der Waals surface area contributed by atoms with Gasteiger partial charge >= 0.3 is 12.0 Å². The molecule has 0 bridgehead atoms. The molecule has 0 radical (unpaired) electrons. The molecule has 0 aliphatic carbocycles. The van der Waals surface area contributed by atoms with Gasteiger partial charge in [-0.2, -0.15) is 0 Å². The lowest BCUT2D eigenvalue weighted by Gasteiger charge is -2.27. The summed E-state index contributed by atoms with van der Waals surface area (Å²) in [6.45, 7) is 6.20. The van der Waals surface area contributed by atoms with Crippen LogP contribution in [0.5, 0.6) is 0 Å². The van der Waals surface area contributed by atoms with E-state index in [0.717, 1.165) is 0 Å². The van der Waals surface area contributed by atoms with Gasteiger partial charge in [-0.25, -0.2) is 9.59 Å². The van der Waals surface area contributed by atoms with Gasteiger partial charge in [0, 0.05) is 6.54 Å². The van der Waals surface area contributed by atoms with E-state index in [1.165, 1.54) is 0 Å². The van der Waals surface area contributed by atoms with Crippen molar-refractivity contribution in [3.8, 4) is 0 Å². The van der Waals surface area contributed by atoms with E-state index in [9.17, 15) is 9.59 Å². The Kier molecular flexibility index (Phi) is 5.81. The van der Waals surface area contributed by atoms with Crippen molar-refractivity contribution >= 4 is 12.0 Å². The molecular formula is C10H21N3O3. The normalized spacial score (nSPS) is 13.0. The lowest BCUT2D eigenvalue weighted by Crippen LogP contribution is -2.52. The van der Waals surface area contributed by atoms with Crippen LogP contribution in [0.2, 0.25) is 0 Å². The van der Waals surface area contributed by atoms with Gasteiger partial charge in [0.15, 0.2) is 0 Å². The highest BCUT2D eigenvalue weighted by Crippen LogP contribution is 2.19. The summed E-state index contributed by atoms with van der Waals surface area (Å²) < 4.78 is 0. The van der Waals surface area contributed by atoms with Gasteiger partial charge in [0.1, 0.15) is 6.04 Å². The molecule has 0 saturated carbocycles. The minimum atomic E-state index is -1.04. The number of rotatable bonds is 5. The number of nitrogens with two attached hydrogens (primary N) is 1. The number of carboxylic acids is 1. The smallest absolute Gasteiger partial charge is 0.326 e. The Morgan fingerprint density at radius 3 is 2.31 bits per heavy atom. The number of carboxylic acid groups (broad SMARTS) is 1. The molecule has 6 nitrogen and oxygen atoms in total. The zero-order valence-corrected chi connectivity index (χ0v) is 10.0. The summed E-state index contributed by atoms with van der Waals surface area (Å²) in [4.78, 5) is 22.3. The lowest BCUT2D eigenvalue weighted by atomic mass is 9.87. The number of aliphatic carboxylic acids is 1. The Morgan fingerprint density at radius 1 is 1.38 bits per heavy atom. The van der Waals surface area contributed by atoms with E-state index in [1.54, 1.807) is 20.8 Å². The molecule has 6 heteroatoms. The summed E-state index contributed by atoms with van der Waals surface area (Å²) in [6, 6.07) is -1.39. The molecule has 0 aromatic carbocycles. The van der Waals surface area contributed by atoms with Crippen molar-refractivity contribution in [2.75, 3.05) is 13.1 Å². The first-order chi connectivity index (χ1) is 7.29. The highest BCUT2D eigenvalue weighted by atomic mass is 16.4. The van der Waals surface area contributed by atoms with Crippen LogP contribution in [-0.2, 0) is 4.79 Å². The van der Waals surface area contributed by atoms with E-state index in [1.807, 2.05) is 0 Å². The van der Waals surface area contributed by atoms with Crippen molar-refractivity contribution in [2.24, 2.45) is 11.1 Å². The van der Waals surface area contributed by atoms with Crippen LogP contribution < -0.4 is 16.4 Å². The van der Waals surface area contributed by atoms with Gasteiger partial charge in [-0.3, -0.25) is 0 Å².